The van der Waals surface area contributed by atoms with Crippen LogP contribution in [-0.2, 0) is 10.2 Å². The quantitative estimate of drug-likeness (QED) is 0.878. The van der Waals surface area contributed by atoms with Crippen molar-refractivity contribution in [2.45, 2.75) is 13.0 Å². The standard InChI is InChI=1S/C15H19N3O3S/c1-11-7-8-12(15(19)13-6-4-5-9-16-13)10-14(11)17-22(20,21)18(2)3/h4-10,15,17,19H,1-3H3. The zero-order chi connectivity index (χ0) is 16.3. The van der Waals surface area contributed by atoms with Gasteiger partial charge in [0, 0.05) is 20.3 Å². The molecular weight excluding hydrogens is 302 g/mol. The Kier molecular flexibility index (Phi) is 4.80. The highest BCUT2D eigenvalue weighted by atomic mass is 32.2. The van der Waals surface area contributed by atoms with E-state index in [4.69, 9.17) is 0 Å². The van der Waals surface area contributed by atoms with Crippen LogP contribution >= 0.6 is 0 Å². The molecule has 6 nitrogen and oxygen atoms in total. The largest absolute Gasteiger partial charge is 0.382 e. The van der Waals surface area contributed by atoms with Gasteiger partial charge in [0.25, 0.3) is 0 Å². The van der Waals surface area contributed by atoms with Gasteiger partial charge in [-0.25, -0.2) is 0 Å². The van der Waals surface area contributed by atoms with E-state index in [-0.39, 0.29) is 0 Å². The zero-order valence-corrected chi connectivity index (χ0v) is 13.5. The molecule has 7 heteroatoms. The number of anilines is 1. The first-order valence-corrected chi connectivity index (χ1v) is 8.15. The third kappa shape index (κ3) is 3.62. The molecule has 0 aliphatic heterocycles. The van der Waals surface area contributed by atoms with Crippen LogP contribution < -0.4 is 4.72 Å². The molecule has 0 fully saturated rings. The predicted octanol–water partition coefficient (Wildman–Crippen LogP) is 1.69. The van der Waals surface area contributed by atoms with E-state index in [2.05, 4.69) is 9.71 Å². The molecule has 1 unspecified atom stereocenters. The third-order valence-electron chi connectivity index (χ3n) is 3.26. The Morgan fingerprint density at radius 1 is 1.23 bits per heavy atom. The monoisotopic (exact) mass is 321 g/mol. The molecule has 0 aliphatic carbocycles. The Morgan fingerprint density at radius 3 is 2.55 bits per heavy atom. The summed E-state index contributed by atoms with van der Waals surface area (Å²) in [5.74, 6) is 0. The van der Waals surface area contributed by atoms with Crippen LogP contribution in [0.3, 0.4) is 0 Å². The summed E-state index contributed by atoms with van der Waals surface area (Å²) in [7, 11) is -0.697. The first-order chi connectivity index (χ1) is 10.3. The van der Waals surface area contributed by atoms with Gasteiger partial charge in [0.05, 0.1) is 11.4 Å². The number of aromatic nitrogens is 1. The average Bonchev–Trinajstić information content (AvgIpc) is 2.49. The van der Waals surface area contributed by atoms with Crippen molar-refractivity contribution in [2.24, 2.45) is 0 Å². The highest BCUT2D eigenvalue weighted by Crippen LogP contribution is 2.26. The van der Waals surface area contributed by atoms with Crippen LogP contribution in [-0.4, -0.2) is 36.9 Å². The van der Waals surface area contributed by atoms with E-state index in [1.165, 1.54) is 14.1 Å². The number of benzene rings is 1. The smallest absolute Gasteiger partial charge is 0.301 e. The van der Waals surface area contributed by atoms with Gasteiger partial charge in [-0.2, -0.15) is 12.7 Å². The van der Waals surface area contributed by atoms with Crippen LogP contribution in [0.25, 0.3) is 0 Å². The van der Waals surface area contributed by atoms with Gasteiger partial charge in [-0.15, -0.1) is 0 Å². The number of pyridine rings is 1. The molecule has 0 spiro atoms. The molecule has 22 heavy (non-hydrogen) atoms. The number of hydrogen-bond donors (Lipinski definition) is 2. The van der Waals surface area contributed by atoms with Crippen molar-refractivity contribution in [3.8, 4) is 0 Å². The molecule has 1 aromatic carbocycles. The fourth-order valence-electron chi connectivity index (χ4n) is 1.86. The number of nitrogens with zero attached hydrogens (tertiary/aromatic N) is 2. The summed E-state index contributed by atoms with van der Waals surface area (Å²) in [5.41, 5.74) is 2.28. The number of hydrogen-bond acceptors (Lipinski definition) is 4. The number of aliphatic hydroxyl groups is 1. The van der Waals surface area contributed by atoms with Crippen molar-refractivity contribution >= 4 is 15.9 Å². The minimum absolute atomic E-state index is 0.432. The van der Waals surface area contributed by atoms with Gasteiger partial charge in [-0.05, 0) is 36.2 Å². The molecule has 0 bridgehead atoms. The Morgan fingerprint density at radius 2 is 1.95 bits per heavy atom. The molecule has 2 N–H and O–H groups in total. The van der Waals surface area contributed by atoms with Gasteiger partial charge in [-0.3, -0.25) is 9.71 Å². The van der Waals surface area contributed by atoms with Crippen LogP contribution in [0, 0.1) is 6.92 Å². The van der Waals surface area contributed by atoms with E-state index in [9.17, 15) is 13.5 Å². The molecule has 0 radical (unpaired) electrons. The summed E-state index contributed by atoms with van der Waals surface area (Å²) < 4.78 is 27.5. The van der Waals surface area contributed by atoms with Crippen LogP contribution in [0.5, 0.6) is 0 Å². The Labute approximate surface area is 130 Å². The topological polar surface area (TPSA) is 82.5 Å². The van der Waals surface area contributed by atoms with Gasteiger partial charge in [0.15, 0.2) is 0 Å². The molecule has 2 aromatic rings. The second kappa shape index (κ2) is 6.43. The molecule has 2 rings (SSSR count). The molecule has 1 aromatic heterocycles. The van der Waals surface area contributed by atoms with Gasteiger partial charge in [0.1, 0.15) is 6.10 Å². The van der Waals surface area contributed by atoms with Crippen LogP contribution in [0.2, 0.25) is 0 Å². The Bertz CT molecular complexity index is 746. The van der Waals surface area contributed by atoms with Crippen molar-refractivity contribution < 1.29 is 13.5 Å². The van der Waals surface area contributed by atoms with Crippen molar-refractivity contribution in [3.63, 3.8) is 0 Å². The lowest BCUT2D eigenvalue weighted by atomic mass is 10.0. The zero-order valence-electron chi connectivity index (χ0n) is 12.7. The van der Waals surface area contributed by atoms with Gasteiger partial charge in [0.2, 0.25) is 0 Å². The van der Waals surface area contributed by atoms with Gasteiger partial charge < -0.3 is 5.11 Å². The number of rotatable bonds is 5. The van der Waals surface area contributed by atoms with E-state index in [1.54, 1.807) is 49.5 Å². The maximum Gasteiger partial charge on any atom is 0.301 e. The van der Waals surface area contributed by atoms with Crippen LogP contribution in [0.1, 0.15) is 22.9 Å². The molecule has 1 heterocycles. The minimum atomic E-state index is -3.59. The lowest BCUT2D eigenvalue weighted by molar-refractivity contribution is 0.215. The molecule has 0 amide bonds. The predicted molar refractivity (Wildman–Crippen MR) is 85.7 cm³/mol. The summed E-state index contributed by atoms with van der Waals surface area (Å²) in [5, 5.41) is 10.4. The normalized spacial score (nSPS) is 13.1. The molecule has 0 saturated carbocycles. The number of aliphatic hydroxyl groups excluding tert-OH is 1. The third-order valence-corrected chi connectivity index (χ3v) is 4.70. The second-order valence-electron chi connectivity index (χ2n) is 5.12. The van der Waals surface area contributed by atoms with E-state index in [0.717, 1.165) is 9.87 Å². The lowest BCUT2D eigenvalue weighted by Crippen LogP contribution is -2.29. The van der Waals surface area contributed by atoms with Crippen molar-refractivity contribution in [1.82, 2.24) is 9.29 Å². The average molecular weight is 321 g/mol. The van der Waals surface area contributed by atoms with Gasteiger partial charge in [-0.1, -0.05) is 18.2 Å². The second-order valence-corrected chi connectivity index (χ2v) is 7.01. The molecule has 1 atom stereocenters. The SMILES string of the molecule is Cc1ccc(C(O)c2ccccn2)cc1NS(=O)(=O)N(C)C. The fourth-order valence-corrected chi connectivity index (χ4v) is 2.54. The van der Waals surface area contributed by atoms with E-state index < -0.39 is 16.3 Å². The number of aryl methyl sites for hydroxylation is 1. The highest BCUT2D eigenvalue weighted by Gasteiger charge is 2.17. The van der Waals surface area contributed by atoms with E-state index in [0.29, 0.717) is 16.9 Å². The van der Waals surface area contributed by atoms with Crippen LogP contribution in [0.15, 0.2) is 42.6 Å². The summed E-state index contributed by atoms with van der Waals surface area (Å²) in [6, 6.07) is 10.4. The first kappa shape index (κ1) is 16.4. The first-order valence-electron chi connectivity index (χ1n) is 6.71. The molecular formula is C15H19N3O3S. The highest BCUT2D eigenvalue weighted by molar-refractivity contribution is 7.90. The van der Waals surface area contributed by atoms with Crippen molar-refractivity contribution in [1.29, 1.82) is 0 Å². The Hall–Kier alpha value is -1.96. The van der Waals surface area contributed by atoms with E-state index in [1.807, 2.05) is 0 Å². The maximum absolute atomic E-state index is 11.9. The summed E-state index contributed by atoms with van der Waals surface area (Å²) in [4.78, 5) is 4.11. The summed E-state index contributed by atoms with van der Waals surface area (Å²) in [6.45, 7) is 1.80. The molecule has 0 aliphatic rings. The van der Waals surface area contributed by atoms with Crippen LogP contribution in [0.4, 0.5) is 5.69 Å². The molecule has 0 saturated heterocycles. The fraction of sp³-hybridized carbons (Fsp3) is 0.267. The maximum atomic E-state index is 11.9. The number of nitrogens with one attached hydrogen (secondary N) is 1. The lowest BCUT2D eigenvalue weighted by Gasteiger charge is -2.17. The Balaban J connectivity index is 2.35. The molecule has 118 valence electrons. The van der Waals surface area contributed by atoms with E-state index >= 15 is 0 Å². The van der Waals surface area contributed by atoms with Crippen molar-refractivity contribution in [3.05, 3.63) is 59.4 Å². The van der Waals surface area contributed by atoms with Crippen molar-refractivity contribution in [2.75, 3.05) is 18.8 Å². The minimum Gasteiger partial charge on any atom is -0.382 e. The summed E-state index contributed by atoms with van der Waals surface area (Å²) >= 11 is 0. The van der Waals surface area contributed by atoms with Gasteiger partial charge >= 0.3 is 10.2 Å². The summed E-state index contributed by atoms with van der Waals surface area (Å²) in [6.07, 6.45) is 0.687.